The van der Waals surface area contributed by atoms with Gasteiger partial charge in [-0.3, -0.25) is 0 Å². The van der Waals surface area contributed by atoms with Crippen molar-refractivity contribution in [2.45, 2.75) is 52.7 Å². The van der Waals surface area contributed by atoms with Gasteiger partial charge in [-0.25, -0.2) is 14.6 Å². The number of benzene rings is 1. The lowest BCUT2D eigenvalue weighted by atomic mass is 10.2. The molecule has 1 aromatic carbocycles. The van der Waals surface area contributed by atoms with E-state index in [9.17, 15) is 9.59 Å². The summed E-state index contributed by atoms with van der Waals surface area (Å²) >= 11 is 3.47. The molecule has 0 saturated heterocycles. The van der Waals surface area contributed by atoms with Crippen LogP contribution in [0.3, 0.4) is 0 Å². The van der Waals surface area contributed by atoms with Crippen molar-refractivity contribution in [3.05, 3.63) is 34.9 Å². The van der Waals surface area contributed by atoms with Crippen LogP contribution >= 0.6 is 15.9 Å². The number of fused-ring (bicyclic) bond motifs is 1. The van der Waals surface area contributed by atoms with E-state index in [1.165, 1.54) is 0 Å². The van der Waals surface area contributed by atoms with Gasteiger partial charge in [-0.15, -0.1) is 0 Å². The summed E-state index contributed by atoms with van der Waals surface area (Å²) in [6.07, 6.45) is -0.0896. The summed E-state index contributed by atoms with van der Waals surface area (Å²) in [6, 6.07) is 7.29. The Labute approximate surface area is 161 Å². The van der Waals surface area contributed by atoms with E-state index in [2.05, 4.69) is 20.9 Å². The first kappa shape index (κ1) is 20.2. The third-order valence-electron chi connectivity index (χ3n) is 3.08. The maximum atomic E-state index is 12.7. The number of ether oxygens (including phenoxy) is 2. The molecule has 0 N–H and O–H groups in total. The molecule has 0 saturated carbocycles. The molecule has 2 aromatic rings. The molecule has 0 bridgehead atoms. The highest BCUT2D eigenvalue weighted by molar-refractivity contribution is 9.10. The van der Waals surface area contributed by atoms with E-state index in [1.54, 1.807) is 53.8 Å². The fraction of sp³-hybridized carbons (Fsp3) is 0.421. The van der Waals surface area contributed by atoms with Gasteiger partial charge in [0.2, 0.25) is 0 Å². The fourth-order valence-electron chi connectivity index (χ4n) is 2.12. The molecule has 0 unspecified atom stereocenters. The normalized spacial score (nSPS) is 12.0. The predicted molar refractivity (Wildman–Crippen MR) is 104 cm³/mol. The van der Waals surface area contributed by atoms with Gasteiger partial charge >= 0.3 is 12.2 Å². The summed E-state index contributed by atoms with van der Waals surface area (Å²) < 4.78 is 11.6. The molecule has 0 aliphatic carbocycles. The molecular formula is C19H23BrN2O4. The summed E-state index contributed by atoms with van der Waals surface area (Å²) in [6.45, 7) is 10.3. The lowest BCUT2D eigenvalue weighted by molar-refractivity contribution is 0.0429. The smallest absolute Gasteiger partial charge is 0.425 e. The number of hydrogen-bond acceptors (Lipinski definition) is 5. The van der Waals surface area contributed by atoms with E-state index >= 15 is 0 Å². The molecule has 0 atom stereocenters. The minimum atomic E-state index is -0.842. The Morgan fingerprint density at radius 3 is 2.04 bits per heavy atom. The van der Waals surface area contributed by atoms with E-state index < -0.39 is 23.4 Å². The van der Waals surface area contributed by atoms with Crippen LogP contribution in [-0.4, -0.2) is 28.4 Å². The van der Waals surface area contributed by atoms with Crippen LogP contribution in [0.5, 0.6) is 0 Å². The van der Waals surface area contributed by atoms with Gasteiger partial charge in [-0.05, 0) is 53.7 Å². The Hall–Kier alpha value is -2.15. The van der Waals surface area contributed by atoms with Gasteiger partial charge in [0.1, 0.15) is 17.0 Å². The van der Waals surface area contributed by atoms with Gasteiger partial charge in [0.25, 0.3) is 0 Å². The largest absolute Gasteiger partial charge is 0.443 e. The molecule has 0 spiro atoms. The highest BCUT2D eigenvalue weighted by Gasteiger charge is 2.33. The minimum Gasteiger partial charge on any atom is -0.443 e. The van der Waals surface area contributed by atoms with Gasteiger partial charge in [0.15, 0.2) is 0 Å². The standard InChI is InChI=1S/C19H23BrN2O4/c1-18(2,3)25-16(23)22(17(24)26-19(4,5)6)15-10-13-12(11-21-15)8-7-9-14(13)20/h7-11H,1-6H3. The van der Waals surface area contributed by atoms with Gasteiger partial charge in [0.05, 0.1) is 0 Å². The number of halogens is 1. The molecule has 7 heteroatoms. The SMILES string of the molecule is CC(C)(C)OC(=O)N(C(=O)OC(C)(C)C)c1cc2c(Br)cccc2cn1. The van der Waals surface area contributed by atoms with E-state index in [4.69, 9.17) is 9.47 Å². The minimum absolute atomic E-state index is 0.132. The molecule has 140 valence electrons. The van der Waals surface area contributed by atoms with Crippen molar-refractivity contribution < 1.29 is 19.1 Å². The monoisotopic (exact) mass is 422 g/mol. The average molecular weight is 423 g/mol. The molecule has 1 aromatic heterocycles. The first-order valence-corrected chi connectivity index (χ1v) is 8.97. The average Bonchev–Trinajstić information content (AvgIpc) is 2.44. The van der Waals surface area contributed by atoms with Crippen molar-refractivity contribution in [1.82, 2.24) is 4.98 Å². The second-order valence-electron chi connectivity index (χ2n) is 7.80. The number of imide groups is 1. The number of carbonyl (C=O) groups is 2. The molecular weight excluding hydrogens is 400 g/mol. The zero-order valence-electron chi connectivity index (χ0n) is 15.8. The Morgan fingerprint density at radius 1 is 1.00 bits per heavy atom. The predicted octanol–water partition coefficient (Wildman–Crippen LogP) is 5.67. The Kier molecular flexibility index (Phi) is 5.61. The molecule has 0 fully saturated rings. The van der Waals surface area contributed by atoms with Crippen LogP contribution in [0.15, 0.2) is 34.9 Å². The lowest BCUT2D eigenvalue weighted by Gasteiger charge is -2.28. The third-order valence-corrected chi connectivity index (χ3v) is 3.77. The van der Waals surface area contributed by atoms with E-state index in [-0.39, 0.29) is 5.82 Å². The molecule has 0 aliphatic rings. The van der Waals surface area contributed by atoms with E-state index in [0.717, 1.165) is 20.1 Å². The maximum Gasteiger partial charge on any atom is 0.425 e. The first-order chi connectivity index (χ1) is 11.9. The third kappa shape index (κ3) is 5.17. The lowest BCUT2D eigenvalue weighted by Crippen LogP contribution is -2.44. The summed E-state index contributed by atoms with van der Waals surface area (Å²) in [5.41, 5.74) is -1.54. The van der Waals surface area contributed by atoms with Crippen LogP contribution in [-0.2, 0) is 9.47 Å². The van der Waals surface area contributed by atoms with Crippen LogP contribution in [0.4, 0.5) is 15.4 Å². The number of pyridine rings is 1. The van der Waals surface area contributed by atoms with Crippen LogP contribution in [0.2, 0.25) is 0 Å². The topological polar surface area (TPSA) is 68.7 Å². The highest BCUT2D eigenvalue weighted by Crippen LogP contribution is 2.28. The van der Waals surface area contributed by atoms with E-state index in [0.29, 0.717) is 0 Å². The summed E-state index contributed by atoms with van der Waals surface area (Å²) in [5.74, 6) is 0.132. The van der Waals surface area contributed by atoms with Crippen molar-refractivity contribution in [1.29, 1.82) is 0 Å². The molecule has 1 heterocycles. The van der Waals surface area contributed by atoms with Crippen molar-refractivity contribution in [3.8, 4) is 0 Å². The van der Waals surface area contributed by atoms with Crippen LogP contribution < -0.4 is 4.90 Å². The Bertz CT molecular complexity index is 810. The van der Waals surface area contributed by atoms with Gasteiger partial charge < -0.3 is 9.47 Å². The number of rotatable bonds is 1. The zero-order chi connectivity index (χ0) is 19.7. The molecule has 26 heavy (non-hydrogen) atoms. The molecule has 0 aliphatic heterocycles. The first-order valence-electron chi connectivity index (χ1n) is 8.18. The van der Waals surface area contributed by atoms with Gasteiger partial charge in [-0.2, -0.15) is 4.90 Å². The number of aromatic nitrogens is 1. The molecule has 0 radical (unpaired) electrons. The van der Waals surface area contributed by atoms with Crippen LogP contribution in [0.25, 0.3) is 10.8 Å². The van der Waals surface area contributed by atoms with Crippen LogP contribution in [0, 0.1) is 0 Å². The summed E-state index contributed by atoms with van der Waals surface area (Å²) in [7, 11) is 0. The maximum absolute atomic E-state index is 12.7. The van der Waals surface area contributed by atoms with Crippen molar-refractivity contribution in [2.24, 2.45) is 0 Å². The number of carbonyl (C=O) groups excluding carboxylic acids is 2. The molecule has 2 amide bonds. The zero-order valence-corrected chi connectivity index (χ0v) is 17.4. The van der Waals surface area contributed by atoms with Crippen molar-refractivity contribution in [2.75, 3.05) is 4.90 Å². The number of nitrogens with zero attached hydrogens (tertiary/aromatic N) is 2. The fourth-order valence-corrected chi connectivity index (χ4v) is 2.62. The Morgan fingerprint density at radius 2 is 1.54 bits per heavy atom. The van der Waals surface area contributed by atoms with Gasteiger partial charge in [0, 0.05) is 21.4 Å². The second-order valence-corrected chi connectivity index (χ2v) is 8.65. The van der Waals surface area contributed by atoms with E-state index in [1.807, 2.05) is 18.2 Å². The molecule has 2 rings (SSSR count). The Balaban J connectivity index is 2.50. The van der Waals surface area contributed by atoms with Crippen molar-refractivity contribution >= 4 is 44.7 Å². The molecule has 6 nitrogen and oxygen atoms in total. The summed E-state index contributed by atoms with van der Waals surface area (Å²) in [4.78, 5) is 30.4. The number of amides is 2. The number of anilines is 1. The summed E-state index contributed by atoms with van der Waals surface area (Å²) in [5, 5.41) is 1.69. The quantitative estimate of drug-likeness (QED) is 0.591. The highest BCUT2D eigenvalue weighted by atomic mass is 79.9. The van der Waals surface area contributed by atoms with Crippen LogP contribution in [0.1, 0.15) is 41.5 Å². The number of hydrogen-bond donors (Lipinski definition) is 0. The van der Waals surface area contributed by atoms with Gasteiger partial charge in [-0.1, -0.05) is 28.1 Å². The second kappa shape index (κ2) is 7.23. The van der Waals surface area contributed by atoms with Crippen molar-refractivity contribution in [3.63, 3.8) is 0 Å².